The fraction of sp³-hybridized carbons (Fsp3) is 0.400. The summed E-state index contributed by atoms with van der Waals surface area (Å²) in [5.41, 5.74) is 5.54. The van der Waals surface area contributed by atoms with E-state index in [2.05, 4.69) is 88.2 Å². The predicted octanol–water partition coefficient (Wildman–Crippen LogP) is 3.40. The van der Waals surface area contributed by atoms with Crippen molar-refractivity contribution in [3.8, 4) is 11.1 Å². The Kier molecular flexibility index (Phi) is 4.01. The van der Waals surface area contributed by atoms with E-state index >= 15 is 0 Å². The number of fused-ring (bicyclic) bond motifs is 3. The lowest BCUT2D eigenvalue weighted by molar-refractivity contribution is 1.13. The van der Waals surface area contributed by atoms with Crippen LogP contribution in [0.1, 0.15) is 13.8 Å². The van der Waals surface area contributed by atoms with Crippen LogP contribution in [0.15, 0.2) is 36.4 Å². The molecule has 0 aromatic heterocycles. The molecule has 0 unspecified atom stereocenters. The Morgan fingerprint density at radius 3 is 1.39 bits per heavy atom. The van der Waals surface area contributed by atoms with Crippen molar-refractivity contribution in [2.24, 2.45) is 0 Å². The first-order chi connectivity index (χ1) is 10.9. The smallest absolute Gasteiger partial charge is 0.119 e. The highest BCUT2D eigenvalue weighted by Crippen LogP contribution is 2.36. The van der Waals surface area contributed by atoms with Gasteiger partial charge in [-0.25, -0.2) is 0 Å². The van der Waals surface area contributed by atoms with Crippen LogP contribution in [0.3, 0.4) is 0 Å². The van der Waals surface area contributed by atoms with Gasteiger partial charge >= 0.3 is 0 Å². The van der Waals surface area contributed by atoms with Crippen molar-refractivity contribution >= 4 is 29.8 Å². The normalized spacial score (nSPS) is 14.3. The molecular weight excluding hydrogens is 296 g/mol. The maximum absolute atomic E-state index is 2.42. The largest absolute Gasteiger partial charge is 0.378 e. The Labute approximate surface area is 141 Å². The van der Waals surface area contributed by atoms with Gasteiger partial charge in [0.25, 0.3) is 0 Å². The highest BCUT2D eigenvalue weighted by atomic mass is 28.3. The zero-order valence-electron chi connectivity index (χ0n) is 15.3. The molecule has 0 bridgehead atoms. The van der Waals surface area contributed by atoms with E-state index in [-0.39, 0.29) is 0 Å². The summed E-state index contributed by atoms with van der Waals surface area (Å²) in [6.45, 7) is 4.77. The molecule has 3 heteroatoms. The zero-order chi connectivity index (χ0) is 16.8. The van der Waals surface area contributed by atoms with Gasteiger partial charge in [0.1, 0.15) is 8.07 Å². The predicted molar refractivity (Wildman–Crippen MR) is 107 cm³/mol. The van der Waals surface area contributed by atoms with Crippen molar-refractivity contribution in [3.05, 3.63) is 36.4 Å². The van der Waals surface area contributed by atoms with Gasteiger partial charge in [0.15, 0.2) is 0 Å². The molecule has 0 saturated carbocycles. The van der Waals surface area contributed by atoms with Crippen LogP contribution in [0.4, 0.5) is 11.4 Å². The molecule has 0 spiro atoms. The first kappa shape index (κ1) is 16.1. The molecule has 2 aromatic carbocycles. The lowest BCUT2D eigenvalue weighted by Gasteiger charge is -2.27. The van der Waals surface area contributed by atoms with Crippen LogP contribution < -0.4 is 20.2 Å². The van der Waals surface area contributed by atoms with E-state index in [1.165, 1.54) is 34.6 Å². The zero-order valence-corrected chi connectivity index (χ0v) is 16.3. The van der Waals surface area contributed by atoms with E-state index in [4.69, 9.17) is 0 Å². The van der Waals surface area contributed by atoms with E-state index in [1.807, 2.05) is 0 Å². The minimum Gasteiger partial charge on any atom is -0.378 e. The summed E-state index contributed by atoms with van der Waals surface area (Å²) in [5, 5.41) is 3.28. The van der Waals surface area contributed by atoms with Crippen LogP contribution in [0.5, 0.6) is 0 Å². The second-order valence-corrected chi connectivity index (χ2v) is 11.7. The molecule has 0 N–H and O–H groups in total. The maximum Gasteiger partial charge on any atom is 0.119 e. The second kappa shape index (κ2) is 5.71. The van der Waals surface area contributed by atoms with Crippen molar-refractivity contribution in [3.63, 3.8) is 0 Å². The molecule has 122 valence electrons. The van der Waals surface area contributed by atoms with E-state index < -0.39 is 8.07 Å². The molecular formula is C20H28N2Si. The molecule has 2 aromatic rings. The van der Waals surface area contributed by atoms with Crippen molar-refractivity contribution in [2.45, 2.75) is 25.9 Å². The van der Waals surface area contributed by atoms with Crippen LogP contribution in [0, 0.1) is 0 Å². The SMILES string of the molecule is CC[Si]1(CC)c2ccc(N(C)C)cc2-c2cc(N(C)C)ccc21. The molecule has 0 radical (unpaired) electrons. The van der Waals surface area contributed by atoms with Crippen molar-refractivity contribution in [1.82, 2.24) is 0 Å². The summed E-state index contributed by atoms with van der Waals surface area (Å²) in [6, 6.07) is 16.8. The monoisotopic (exact) mass is 324 g/mol. The summed E-state index contributed by atoms with van der Waals surface area (Å²) >= 11 is 0. The standard InChI is InChI=1S/C20H28N2Si/c1-7-23(8-2)19-11-9-15(21(3)4)13-17(19)18-14-16(22(5)6)10-12-20(18)23/h9-14H,7-8H2,1-6H3. The Balaban J connectivity index is 2.30. The fourth-order valence-electron chi connectivity index (χ4n) is 4.06. The molecule has 1 aliphatic rings. The van der Waals surface area contributed by atoms with Crippen LogP contribution in [0.2, 0.25) is 12.1 Å². The summed E-state index contributed by atoms with van der Waals surface area (Å²) < 4.78 is 0. The fourth-order valence-corrected chi connectivity index (χ4v) is 8.62. The van der Waals surface area contributed by atoms with Gasteiger partial charge in [-0.3, -0.25) is 0 Å². The highest BCUT2D eigenvalue weighted by molar-refractivity contribution is 7.05. The second-order valence-electron chi connectivity index (χ2n) is 7.04. The first-order valence-electron chi connectivity index (χ1n) is 8.58. The van der Waals surface area contributed by atoms with Gasteiger partial charge in [0, 0.05) is 39.6 Å². The maximum atomic E-state index is 2.42. The molecule has 0 amide bonds. The van der Waals surface area contributed by atoms with Crippen molar-refractivity contribution < 1.29 is 0 Å². The van der Waals surface area contributed by atoms with Crippen molar-refractivity contribution in [1.29, 1.82) is 0 Å². The lowest BCUT2D eigenvalue weighted by Crippen LogP contribution is -2.54. The Bertz CT molecular complexity index is 671. The van der Waals surface area contributed by atoms with Crippen LogP contribution in [0.25, 0.3) is 11.1 Å². The Morgan fingerprint density at radius 2 is 1.09 bits per heavy atom. The number of hydrogen-bond donors (Lipinski definition) is 0. The molecule has 1 heterocycles. The molecule has 1 aliphatic heterocycles. The van der Waals surface area contributed by atoms with Gasteiger partial charge in [-0.15, -0.1) is 0 Å². The molecule has 0 aliphatic carbocycles. The average molecular weight is 325 g/mol. The Morgan fingerprint density at radius 1 is 0.696 bits per heavy atom. The average Bonchev–Trinajstić information content (AvgIpc) is 2.83. The number of benzene rings is 2. The van der Waals surface area contributed by atoms with E-state index in [1.54, 1.807) is 10.4 Å². The minimum absolute atomic E-state index is 1.28. The summed E-state index contributed by atoms with van der Waals surface area (Å²) in [6.07, 6.45) is 0. The van der Waals surface area contributed by atoms with Crippen LogP contribution >= 0.6 is 0 Å². The number of rotatable bonds is 4. The van der Waals surface area contributed by atoms with Crippen LogP contribution in [-0.4, -0.2) is 36.3 Å². The van der Waals surface area contributed by atoms with E-state index in [9.17, 15) is 0 Å². The summed E-state index contributed by atoms with van der Waals surface area (Å²) in [7, 11) is 6.92. The molecule has 0 saturated heterocycles. The molecule has 0 atom stereocenters. The van der Waals surface area contributed by atoms with E-state index in [0.29, 0.717) is 0 Å². The van der Waals surface area contributed by atoms with Gasteiger partial charge in [-0.2, -0.15) is 0 Å². The van der Waals surface area contributed by atoms with Gasteiger partial charge in [-0.1, -0.05) is 38.1 Å². The molecule has 3 rings (SSSR count). The molecule has 0 fully saturated rings. The van der Waals surface area contributed by atoms with Crippen LogP contribution in [-0.2, 0) is 0 Å². The molecule has 2 nitrogen and oxygen atoms in total. The third-order valence-corrected chi connectivity index (χ3v) is 10.9. The van der Waals surface area contributed by atoms with E-state index in [0.717, 1.165) is 0 Å². The van der Waals surface area contributed by atoms with Gasteiger partial charge in [0.05, 0.1) is 0 Å². The Hall–Kier alpha value is -1.74. The van der Waals surface area contributed by atoms with Gasteiger partial charge in [-0.05, 0) is 45.8 Å². The lowest BCUT2D eigenvalue weighted by atomic mass is 10.0. The number of nitrogens with zero attached hydrogens (tertiary/aromatic N) is 2. The summed E-state index contributed by atoms with van der Waals surface area (Å²) in [5.74, 6) is 0. The topological polar surface area (TPSA) is 6.48 Å². The molecule has 23 heavy (non-hydrogen) atoms. The highest BCUT2D eigenvalue weighted by Gasteiger charge is 2.42. The van der Waals surface area contributed by atoms with Gasteiger partial charge in [0.2, 0.25) is 0 Å². The third kappa shape index (κ3) is 2.29. The summed E-state index contributed by atoms with van der Waals surface area (Å²) in [4.78, 5) is 4.41. The number of anilines is 2. The minimum atomic E-state index is -1.57. The van der Waals surface area contributed by atoms with Crippen molar-refractivity contribution in [2.75, 3.05) is 38.0 Å². The number of hydrogen-bond acceptors (Lipinski definition) is 2. The third-order valence-electron chi connectivity index (χ3n) is 5.57. The van der Waals surface area contributed by atoms with Gasteiger partial charge < -0.3 is 9.80 Å². The quantitative estimate of drug-likeness (QED) is 0.795. The first-order valence-corrected chi connectivity index (χ1v) is 11.0.